The quantitative estimate of drug-likeness (QED) is 0.607. The summed E-state index contributed by atoms with van der Waals surface area (Å²) in [6, 6.07) is 15.0. The molecule has 0 atom stereocenters. The van der Waals surface area contributed by atoms with E-state index >= 15 is 0 Å². The highest BCUT2D eigenvalue weighted by molar-refractivity contribution is 7.99. The number of benzene rings is 2. The lowest BCUT2D eigenvalue weighted by atomic mass is 10.2. The fourth-order valence-electron chi connectivity index (χ4n) is 2.38. The summed E-state index contributed by atoms with van der Waals surface area (Å²) in [5.41, 5.74) is 1.93. The molecule has 0 aliphatic heterocycles. The zero-order valence-corrected chi connectivity index (χ0v) is 16.5. The van der Waals surface area contributed by atoms with Crippen molar-refractivity contribution in [3.8, 4) is 17.1 Å². The predicted molar refractivity (Wildman–Crippen MR) is 107 cm³/mol. The van der Waals surface area contributed by atoms with E-state index in [1.165, 1.54) is 11.8 Å². The molecule has 0 saturated heterocycles. The zero-order chi connectivity index (χ0) is 19.2. The first-order chi connectivity index (χ1) is 13.0. The van der Waals surface area contributed by atoms with Crippen LogP contribution in [-0.2, 0) is 11.3 Å². The minimum atomic E-state index is 0.00532. The first-order valence-electron chi connectivity index (χ1n) is 8.23. The van der Waals surface area contributed by atoms with Crippen molar-refractivity contribution >= 4 is 29.3 Å². The maximum absolute atomic E-state index is 12.3. The van der Waals surface area contributed by atoms with Gasteiger partial charge in [0.2, 0.25) is 11.1 Å². The Morgan fingerprint density at radius 1 is 1.19 bits per heavy atom. The van der Waals surface area contributed by atoms with Gasteiger partial charge in [-0.3, -0.25) is 9.89 Å². The van der Waals surface area contributed by atoms with E-state index < -0.39 is 0 Å². The molecule has 3 rings (SSSR count). The van der Waals surface area contributed by atoms with E-state index in [1.807, 2.05) is 48.5 Å². The second-order valence-electron chi connectivity index (χ2n) is 5.86. The Hall–Kier alpha value is -2.51. The molecule has 0 bridgehead atoms. The average molecular weight is 403 g/mol. The number of nitrogens with one attached hydrogen (secondary N) is 1. The molecule has 27 heavy (non-hydrogen) atoms. The van der Waals surface area contributed by atoms with Gasteiger partial charge in [0.15, 0.2) is 5.82 Å². The van der Waals surface area contributed by atoms with Gasteiger partial charge in [0.1, 0.15) is 5.75 Å². The van der Waals surface area contributed by atoms with Gasteiger partial charge >= 0.3 is 0 Å². The average Bonchev–Trinajstić information content (AvgIpc) is 3.17. The van der Waals surface area contributed by atoms with Crippen LogP contribution in [-0.4, -0.2) is 45.9 Å². The van der Waals surface area contributed by atoms with Crippen molar-refractivity contribution in [3.05, 3.63) is 59.1 Å². The number of carbonyl (C=O) groups excluding carboxylic acids is 1. The van der Waals surface area contributed by atoms with E-state index in [2.05, 4.69) is 15.2 Å². The Bertz CT molecular complexity index is 897. The molecule has 0 fully saturated rings. The summed E-state index contributed by atoms with van der Waals surface area (Å²) in [5, 5.41) is 8.29. The lowest BCUT2D eigenvalue weighted by Gasteiger charge is -2.16. The number of amides is 1. The highest BCUT2D eigenvalue weighted by Gasteiger charge is 2.13. The fourth-order valence-corrected chi connectivity index (χ4v) is 3.24. The van der Waals surface area contributed by atoms with Crippen molar-refractivity contribution in [2.45, 2.75) is 11.7 Å². The highest BCUT2D eigenvalue weighted by atomic mass is 35.5. The van der Waals surface area contributed by atoms with Gasteiger partial charge in [-0.2, -0.15) is 0 Å². The Morgan fingerprint density at radius 3 is 2.56 bits per heavy atom. The van der Waals surface area contributed by atoms with Crippen LogP contribution in [0, 0.1) is 0 Å². The molecule has 3 aromatic rings. The second-order valence-corrected chi connectivity index (χ2v) is 7.24. The van der Waals surface area contributed by atoms with Crippen LogP contribution < -0.4 is 4.74 Å². The summed E-state index contributed by atoms with van der Waals surface area (Å²) in [6.45, 7) is 0.529. The molecule has 0 radical (unpaired) electrons. The molecule has 0 saturated carbocycles. The van der Waals surface area contributed by atoms with Gasteiger partial charge in [0.25, 0.3) is 0 Å². The molecule has 140 valence electrons. The van der Waals surface area contributed by atoms with Gasteiger partial charge in [-0.25, -0.2) is 4.98 Å². The largest absolute Gasteiger partial charge is 0.497 e. The number of hydrogen-bond donors (Lipinski definition) is 1. The van der Waals surface area contributed by atoms with E-state index in [0.717, 1.165) is 16.9 Å². The van der Waals surface area contributed by atoms with Crippen LogP contribution in [0.5, 0.6) is 5.75 Å². The van der Waals surface area contributed by atoms with Gasteiger partial charge in [-0.05, 0) is 42.0 Å². The lowest BCUT2D eigenvalue weighted by Crippen LogP contribution is -2.27. The molecule has 8 heteroatoms. The second kappa shape index (κ2) is 8.92. The Labute approximate surface area is 166 Å². The topological polar surface area (TPSA) is 71.1 Å². The fraction of sp³-hybridized carbons (Fsp3) is 0.211. The maximum atomic E-state index is 12.3. The molecule has 1 amide bonds. The number of rotatable bonds is 7. The van der Waals surface area contributed by atoms with E-state index in [0.29, 0.717) is 22.5 Å². The van der Waals surface area contributed by atoms with Gasteiger partial charge in [-0.1, -0.05) is 35.5 Å². The first-order valence-corrected chi connectivity index (χ1v) is 9.59. The van der Waals surface area contributed by atoms with Crippen molar-refractivity contribution in [1.82, 2.24) is 20.1 Å². The maximum Gasteiger partial charge on any atom is 0.233 e. The monoisotopic (exact) mass is 402 g/mol. The molecule has 2 aromatic carbocycles. The molecule has 6 nitrogen and oxygen atoms in total. The third-order valence-corrected chi connectivity index (χ3v) is 5.00. The number of H-pyrrole nitrogens is 1. The van der Waals surface area contributed by atoms with Crippen LogP contribution in [0.2, 0.25) is 5.02 Å². The minimum absolute atomic E-state index is 0.00532. The highest BCUT2D eigenvalue weighted by Crippen LogP contribution is 2.22. The van der Waals surface area contributed by atoms with Crippen LogP contribution in [0.1, 0.15) is 5.56 Å². The van der Waals surface area contributed by atoms with Gasteiger partial charge in [0, 0.05) is 24.2 Å². The molecule has 1 N–H and O–H groups in total. The Morgan fingerprint density at radius 2 is 1.89 bits per heavy atom. The molecule has 1 aromatic heterocycles. The van der Waals surface area contributed by atoms with E-state index in [4.69, 9.17) is 16.3 Å². The van der Waals surface area contributed by atoms with Crippen molar-refractivity contribution < 1.29 is 9.53 Å². The molecular formula is C19H19ClN4O2S. The Balaban J connectivity index is 1.54. The number of halogens is 1. The predicted octanol–water partition coefficient (Wildman–Crippen LogP) is 3.88. The van der Waals surface area contributed by atoms with Gasteiger partial charge in [-0.15, -0.1) is 5.10 Å². The number of ether oxygens (including phenoxy) is 1. The molecule has 0 aliphatic rings. The minimum Gasteiger partial charge on any atom is -0.497 e. The number of nitrogens with zero attached hydrogens (tertiary/aromatic N) is 3. The van der Waals surface area contributed by atoms with Crippen molar-refractivity contribution in [2.75, 3.05) is 19.9 Å². The SMILES string of the molecule is COc1ccc(-c2nc(SCC(=O)N(C)Cc3ccc(Cl)cc3)n[nH]2)cc1. The number of aromatic nitrogens is 3. The van der Waals surface area contributed by atoms with E-state index in [9.17, 15) is 4.79 Å². The van der Waals surface area contributed by atoms with Crippen molar-refractivity contribution in [1.29, 1.82) is 0 Å². The summed E-state index contributed by atoms with van der Waals surface area (Å²) in [5.74, 6) is 1.71. The van der Waals surface area contributed by atoms with E-state index in [-0.39, 0.29) is 11.7 Å². The summed E-state index contributed by atoms with van der Waals surface area (Å²) < 4.78 is 5.15. The number of methoxy groups -OCH3 is 1. The molecule has 0 spiro atoms. The van der Waals surface area contributed by atoms with E-state index in [1.54, 1.807) is 19.1 Å². The molecule has 1 heterocycles. The number of hydrogen-bond acceptors (Lipinski definition) is 5. The summed E-state index contributed by atoms with van der Waals surface area (Å²) in [4.78, 5) is 18.4. The Kier molecular flexibility index (Phi) is 6.36. The number of carbonyl (C=O) groups is 1. The summed E-state index contributed by atoms with van der Waals surface area (Å²) >= 11 is 7.19. The smallest absolute Gasteiger partial charge is 0.233 e. The molecular weight excluding hydrogens is 384 g/mol. The third kappa shape index (κ3) is 5.24. The van der Waals surface area contributed by atoms with Gasteiger partial charge in [0.05, 0.1) is 12.9 Å². The van der Waals surface area contributed by atoms with Crippen LogP contribution in [0.3, 0.4) is 0 Å². The number of aromatic amines is 1. The van der Waals surface area contributed by atoms with Crippen LogP contribution >= 0.6 is 23.4 Å². The standard InChI is InChI=1S/C19H19ClN4O2S/c1-24(11-13-3-7-15(20)8-4-13)17(25)12-27-19-21-18(22-23-19)14-5-9-16(26-2)10-6-14/h3-10H,11-12H2,1-2H3,(H,21,22,23). The van der Waals surface area contributed by atoms with Crippen molar-refractivity contribution in [2.24, 2.45) is 0 Å². The third-order valence-electron chi connectivity index (χ3n) is 3.91. The molecule has 0 unspecified atom stereocenters. The first kappa shape index (κ1) is 19.3. The van der Waals surface area contributed by atoms with Crippen LogP contribution in [0.15, 0.2) is 53.7 Å². The number of thioether (sulfide) groups is 1. The molecule has 0 aliphatic carbocycles. The zero-order valence-electron chi connectivity index (χ0n) is 15.0. The van der Waals surface area contributed by atoms with Gasteiger partial charge < -0.3 is 9.64 Å². The summed E-state index contributed by atoms with van der Waals surface area (Å²) in [7, 11) is 3.40. The van der Waals surface area contributed by atoms with Crippen molar-refractivity contribution in [3.63, 3.8) is 0 Å². The lowest BCUT2D eigenvalue weighted by molar-refractivity contribution is -0.127. The van der Waals surface area contributed by atoms with Crippen LogP contribution in [0.4, 0.5) is 0 Å². The summed E-state index contributed by atoms with van der Waals surface area (Å²) in [6.07, 6.45) is 0. The van der Waals surface area contributed by atoms with Crippen LogP contribution in [0.25, 0.3) is 11.4 Å². The normalized spacial score (nSPS) is 10.6.